The van der Waals surface area contributed by atoms with E-state index in [0.29, 0.717) is 16.8 Å². The monoisotopic (exact) mass is 501 g/mol. The molecule has 4 rings (SSSR count). The van der Waals surface area contributed by atoms with E-state index >= 15 is 0 Å². The van der Waals surface area contributed by atoms with E-state index in [1.54, 1.807) is 41.2 Å². The van der Waals surface area contributed by atoms with Crippen LogP contribution in [-0.4, -0.2) is 21.6 Å². The number of aromatic nitrogens is 2. The zero-order chi connectivity index (χ0) is 23.2. The first-order valence-corrected chi connectivity index (χ1v) is 10.8. The molecule has 33 heavy (non-hydrogen) atoms. The standard InChI is InChI=1S/C25H20BrN5O2/c26-20-13-11-18(12-14-20)24(32)28-22(25(33)29-27)15-19-16-31(21-9-5-2-6-10-21)30-23(19)17-7-3-1-4-8-17/h1-16H,27H2,(H,28,32)(H,29,33)/b22-15+. The molecule has 4 aromatic rings. The topological polar surface area (TPSA) is 102 Å². The van der Waals surface area contributed by atoms with Crippen LogP contribution in [0.3, 0.4) is 0 Å². The van der Waals surface area contributed by atoms with Crippen molar-refractivity contribution in [2.75, 3.05) is 0 Å². The molecule has 0 aliphatic rings. The Morgan fingerprint density at radius 1 is 0.909 bits per heavy atom. The average Bonchev–Trinajstić information content (AvgIpc) is 3.28. The third kappa shape index (κ3) is 5.25. The molecule has 7 nitrogen and oxygen atoms in total. The number of halogens is 1. The Labute approximate surface area is 199 Å². The molecule has 0 saturated heterocycles. The molecule has 4 N–H and O–H groups in total. The maximum atomic E-state index is 12.7. The van der Waals surface area contributed by atoms with Crippen molar-refractivity contribution in [2.45, 2.75) is 0 Å². The molecule has 0 atom stereocenters. The van der Waals surface area contributed by atoms with E-state index < -0.39 is 11.8 Å². The van der Waals surface area contributed by atoms with E-state index in [4.69, 9.17) is 10.9 Å². The minimum absolute atomic E-state index is 0.00443. The van der Waals surface area contributed by atoms with Crippen LogP contribution >= 0.6 is 15.9 Å². The number of nitrogens with two attached hydrogens (primary N) is 1. The molecule has 0 radical (unpaired) electrons. The second kappa shape index (κ2) is 10.1. The molecule has 8 heteroatoms. The van der Waals surface area contributed by atoms with Gasteiger partial charge >= 0.3 is 0 Å². The minimum atomic E-state index is -0.632. The molecular formula is C25H20BrN5O2. The number of carbonyl (C=O) groups excluding carboxylic acids is 2. The lowest BCUT2D eigenvalue weighted by Crippen LogP contribution is -2.38. The third-order valence-corrected chi connectivity index (χ3v) is 5.37. The second-order valence-electron chi connectivity index (χ2n) is 7.07. The molecule has 3 aromatic carbocycles. The van der Waals surface area contributed by atoms with Gasteiger partial charge in [0.15, 0.2) is 0 Å². The summed E-state index contributed by atoms with van der Waals surface area (Å²) < 4.78 is 2.57. The van der Waals surface area contributed by atoms with Crippen molar-refractivity contribution < 1.29 is 9.59 Å². The van der Waals surface area contributed by atoms with Crippen LogP contribution in [0.15, 0.2) is 101 Å². The highest BCUT2D eigenvalue weighted by Gasteiger charge is 2.17. The fourth-order valence-corrected chi connectivity index (χ4v) is 3.48. The number of para-hydroxylation sites is 1. The molecule has 2 amide bonds. The Balaban J connectivity index is 1.77. The van der Waals surface area contributed by atoms with Gasteiger partial charge in [-0.1, -0.05) is 64.5 Å². The van der Waals surface area contributed by atoms with Gasteiger partial charge in [-0.05, 0) is 42.5 Å². The van der Waals surface area contributed by atoms with Gasteiger partial charge in [-0.15, -0.1) is 0 Å². The summed E-state index contributed by atoms with van der Waals surface area (Å²) in [7, 11) is 0. The second-order valence-corrected chi connectivity index (χ2v) is 7.99. The van der Waals surface area contributed by atoms with Crippen LogP contribution < -0.4 is 16.6 Å². The van der Waals surface area contributed by atoms with E-state index in [9.17, 15) is 9.59 Å². The average molecular weight is 502 g/mol. The van der Waals surface area contributed by atoms with Gasteiger partial charge < -0.3 is 5.32 Å². The lowest BCUT2D eigenvalue weighted by Gasteiger charge is -2.09. The molecular weight excluding hydrogens is 482 g/mol. The number of amides is 2. The number of rotatable bonds is 6. The van der Waals surface area contributed by atoms with Crippen LogP contribution in [0.4, 0.5) is 0 Å². The van der Waals surface area contributed by atoms with E-state index in [1.165, 1.54) is 0 Å². The first-order chi connectivity index (χ1) is 16.0. The Morgan fingerprint density at radius 3 is 2.18 bits per heavy atom. The van der Waals surface area contributed by atoms with Crippen LogP contribution in [0.25, 0.3) is 23.0 Å². The Morgan fingerprint density at radius 2 is 1.55 bits per heavy atom. The molecule has 164 valence electrons. The highest BCUT2D eigenvalue weighted by molar-refractivity contribution is 9.10. The van der Waals surface area contributed by atoms with Crippen LogP contribution in [0.5, 0.6) is 0 Å². The first kappa shape index (κ1) is 22.2. The lowest BCUT2D eigenvalue weighted by atomic mass is 10.1. The first-order valence-electron chi connectivity index (χ1n) is 10.1. The van der Waals surface area contributed by atoms with Crippen molar-refractivity contribution in [1.29, 1.82) is 0 Å². The van der Waals surface area contributed by atoms with Crippen LogP contribution in [0.2, 0.25) is 0 Å². The summed E-state index contributed by atoms with van der Waals surface area (Å²) in [5.74, 6) is 4.32. The molecule has 0 fully saturated rings. The highest BCUT2D eigenvalue weighted by Crippen LogP contribution is 2.25. The van der Waals surface area contributed by atoms with E-state index in [0.717, 1.165) is 15.7 Å². The van der Waals surface area contributed by atoms with E-state index in [2.05, 4.69) is 26.7 Å². The molecule has 0 saturated carbocycles. The summed E-state index contributed by atoms with van der Waals surface area (Å²) in [4.78, 5) is 25.3. The van der Waals surface area contributed by atoms with Gasteiger partial charge in [-0.25, -0.2) is 10.5 Å². The fourth-order valence-electron chi connectivity index (χ4n) is 3.21. The quantitative estimate of drug-likeness (QED) is 0.160. The Hall–Kier alpha value is -4.01. The van der Waals surface area contributed by atoms with Crippen molar-refractivity contribution in [2.24, 2.45) is 5.84 Å². The largest absolute Gasteiger partial charge is 0.317 e. The SMILES string of the molecule is NNC(=O)/C(=C\c1cn(-c2ccccc2)nc1-c1ccccc1)NC(=O)c1ccc(Br)cc1. The fraction of sp³-hybridized carbons (Fsp3) is 0. The van der Waals surface area contributed by atoms with Crippen molar-refractivity contribution in [3.05, 3.63) is 112 Å². The molecule has 0 aliphatic carbocycles. The third-order valence-electron chi connectivity index (χ3n) is 4.84. The normalized spacial score (nSPS) is 11.2. The molecule has 0 bridgehead atoms. The van der Waals surface area contributed by atoms with Crippen LogP contribution in [-0.2, 0) is 4.79 Å². The molecule has 1 heterocycles. The number of hydrazine groups is 1. The predicted molar refractivity (Wildman–Crippen MR) is 131 cm³/mol. The van der Waals surface area contributed by atoms with Crippen molar-refractivity contribution in [3.63, 3.8) is 0 Å². The Bertz CT molecular complexity index is 1300. The summed E-state index contributed by atoms with van der Waals surface area (Å²) in [5, 5.41) is 7.38. The predicted octanol–water partition coefficient (Wildman–Crippen LogP) is 4.06. The zero-order valence-corrected chi connectivity index (χ0v) is 19.0. The van der Waals surface area contributed by atoms with E-state index in [1.807, 2.05) is 60.7 Å². The van der Waals surface area contributed by atoms with Crippen molar-refractivity contribution >= 4 is 33.8 Å². The van der Waals surface area contributed by atoms with Crippen LogP contribution in [0.1, 0.15) is 15.9 Å². The van der Waals surface area contributed by atoms with Gasteiger partial charge in [0.1, 0.15) is 11.4 Å². The maximum Gasteiger partial charge on any atom is 0.281 e. The number of carbonyl (C=O) groups is 2. The number of benzene rings is 3. The lowest BCUT2D eigenvalue weighted by molar-refractivity contribution is -0.117. The van der Waals surface area contributed by atoms with Gasteiger partial charge in [0, 0.05) is 27.4 Å². The molecule has 0 spiro atoms. The van der Waals surface area contributed by atoms with Gasteiger partial charge in [0.05, 0.1) is 5.69 Å². The molecule has 0 unspecified atom stereocenters. The van der Waals surface area contributed by atoms with Crippen LogP contribution in [0, 0.1) is 0 Å². The number of nitrogens with one attached hydrogen (secondary N) is 2. The zero-order valence-electron chi connectivity index (χ0n) is 17.4. The van der Waals surface area contributed by atoms with Gasteiger partial charge in [0.2, 0.25) is 0 Å². The van der Waals surface area contributed by atoms with Gasteiger partial charge in [-0.2, -0.15) is 5.10 Å². The molecule has 0 aliphatic heterocycles. The van der Waals surface area contributed by atoms with E-state index in [-0.39, 0.29) is 5.70 Å². The summed E-state index contributed by atoms with van der Waals surface area (Å²) >= 11 is 3.34. The summed E-state index contributed by atoms with van der Waals surface area (Å²) in [6.45, 7) is 0. The highest BCUT2D eigenvalue weighted by atomic mass is 79.9. The van der Waals surface area contributed by atoms with Crippen molar-refractivity contribution in [1.82, 2.24) is 20.5 Å². The maximum absolute atomic E-state index is 12.7. The minimum Gasteiger partial charge on any atom is -0.317 e. The smallest absolute Gasteiger partial charge is 0.281 e. The number of hydrogen-bond donors (Lipinski definition) is 3. The Kier molecular flexibility index (Phi) is 6.77. The number of hydrogen-bond acceptors (Lipinski definition) is 4. The summed E-state index contributed by atoms with van der Waals surface area (Å²) in [6.07, 6.45) is 3.36. The van der Waals surface area contributed by atoms with Crippen molar-refractivity contribution in [3.8, 4) is 16.9 Å². The summed E-state index contributed by atoms with van der Waals surface area (Å²) in [5.41, 5.74) is 5.50. The number of nitrogens with zero attached hydrogens (tertiary/aromatic N) is 2. The van der Waals surface area contributed by atoms with Gasteiger partial charge in [-0.3, -0.25) is 15.0 Å². The molecule has 1 aromatic heterocycles. The summed E-state index contributed by atoms with van der Waals surface area (Å²) in [6, 6.07) is 26.0. The van der Waals surface area contributed by atoms with Gasteiger partial charge in [0.25, 0.3) is 11.8 Å².